The summed E-state index contributed by atoms with van der Waals surface area (Å²) in [5.41, 5.74) is 5.74. The zero-order valence-corrected chi connectivity index (χ0v) is 23.2. The molecule has 3 N–H and O–H groups in total. The molecule has 40 heavy (non-hydrogen) atoms. The first-order chi connectivity index (χ1) is 19.0. The van der Waals surface area contributed by atoms with E-state index in [2.05, 4.69) is 42.2 Å². The summed E-state index contributed by atoms with van der Waals surface area (Å²) in [5, 5.41) is 0. The molecule has 17 nitrogen and oxygen atoms in total. The summed E-state index contributed by atoms with van der Waals surface area (Å²) in [6.07, 6.45) is -2.39. The van der Waals surface area contributed by atoms with E-state index in [9.17, 15) is 13.9 Å². The molecule has 212 valence electrons. The lowest BCUT2D eigenvalue weighted by atomic mass is 10.1. The lowest BCUT2D eigenvalue weighted by Gasteiger charge is -2.24. The number of hydrogen-bond donors (Lipinski definition) is 3. The summed E-state index contributed by atoms with van der Waals surface area (Å²) in [4.78, 5) is 35.2. The lowest BCUT2D eigenvalue weighted by Crippen LogP contribution is -2.32. The minimum atomic E-state index is -4.29. The van der Waals surface area contributed by atoms with E-state index in [1.807, 2.05) is 0 Å². The highest BCUT2D eigenvalue weighted by Gasteiger charge is 2.51. The summed E-state index contributed by atoms with van der Waals surface area (Å²) in [5.74, 6) is 0.0350. The number of ether oxygens (including phenoxy) is 1. The van der Waals surface area contributed by atoms with E-state index in [4.69, 9.17) is 28.6 Å². The van der Waals surface area contributed by atoms with Crippen LogP contribution in [0.15, 0.2) is 23.6 Å². The smallest absolute Gasteiger partial charge is 0.369 e. The number of alkyl halides is 1. The maximum absolute atomic E-state index is 15.8. The number of rotatable bonds is 1. The fourth-order valence-corrected chi connectivity index (χ4v) is 6.70. The molecule has 2 aliphatic heterocycles. The van der Waals surface area contributed by atoms with Gasteiger partial charge < -0.3 is 24.1 Å². The van der Waals surface area contributed by atoms with Crippen LogP contribution in [0, 0.1) is 0 Å². The number of anilines is 1. The molecule has 1 saturated heterocycles. The number of H-pyrrole nitrogens is 1. The van der Waals surface area contributed by atoms with Crippen molar-refractivity contribution in [2.45, 2.75) is 37.8 Å². The van der Waals surface area contributed by atoms with Crippen LogP contribution in [0.5, 0.6) is 0 Å². The Labute approximate surface area is 229 Å². The minimum absolute atomic E-state index is 0.0442. The standard InChI is InChI=1S/C18H21BFN9O8P2S/c19-38(31)33-2-1-28-10(25-8-3-22-6-23-14(8)28)5-35-39(32,40)37-13-11(20)9(4-34-38)36-17(13)29-7-24-12-15(29)26-18(21)27-16(12)30/h3,6-7,9,11,13,17H,1-2,4-5,19H2,(H,32,40)(H3,21,26,27,30)/t9-,11-,13-,17-,38?,39?/m1/s1. The third kappa shape index (κ3) is 5.21. The maximum Gasteiger partial charge on any atom is 0.387 e. The molecule has 2 aliphatic rings. The molecule has 0 spiro atoms. The van der Waals surface area contributed by atoms with Crippen molar-refractivity contribution in [2.75, 3.05) is 18.9 Å². The second-order valence-electron chi connectivity index (χ2n) is 8.91. The molecular formula is C18H21BFN9O8P2S. The van der Waals surface area contributed by atoms with E-state index < -0.39 is 51.0 Å². The van der Waals surface area contributed by atoms with Crippen LogP contribution in [0.4, 0.5) is 10.3 Å². The summed E-state index contributed by atoms with van der Waals surface area (Å²) in [6, 6.07) is 0. The van der Waals surface area contributed by atoms with Crippen molar-refractivity contribution in [3.8, 4) is 0 Å². The Bertz CT molecular complexity index is 1760. The number of nitrogens with two attached hydrogens (primary N) is 1. The molecular weight excluding hydrogens is 594 g/mol. The number of fused-ring (bicyclic) bond motifs is 6. The van der Waals surface area contributed by atoms with E-state index >= 15 is 4.39 Å². The van der Waals surface area contributed by atoms with Crippen molar-refractivity contribution in [2.24, 2.45) is 0 Å². The van der Waals surface area contributed by atoms with Gasteiger partial charge in [0.05, 0.1) is 25.7 Å². The second kappa shape index (κ2) is 10.3. The van der Waals surface area contributed by atoms with Gasteiger partial charge in [-0.15, -0.1) is 0 Å². The molecule has 4 aromatic rings. The van der Waals surface area contributed by atoms with Gasteiger partial charge in [-0.3, -0.25) is 28.0 Å². The van der Waals surface area contributed by atoms with Crippen molar-refractivity contribution in [3.05, 3.63) is 35.0 Å². The number of aromatic nitrogens is 8. The number of nitrogen functional groups attached to an aromatic ring is 1. The summed E-state index contributed by atoms with van der Waals surface area (Å²) in [6.45, 7) is -5.15. The van der Waals surface area contributed by atoms with Gasteiger partial charge in [0.1, 0.15) is 36.5 Å². The quantitative estimate of drug-likeness (QED) is 0.151. The van der Waals surface area contributed by atoms with Crippen molar-refractivity contribution in [1.29, 1.82) is 0 Å². The Morgan fingerprint density at radius 2 is 2.02 bits per heavy atom. The van der Waals surface area contributed by atoms with Gasteiger partial charge in [0.2, 0.25) is 5.95 Å². The topological polar surface area (TPSA) is 213 Å². The molecule has 6 heterocycles. The molecule has 0 radical (unpaired) electrons. The predicted molar refractivity (Wildman–Crippen MR) is 141 cm³/mol. The Morgan fingerprint density at radius 1 is 1.20 bits per heavy atom. The molecule has 0 aliphatic carbocycles. The average Bonchev–Trinajstić information content (AvgIpc) is 3.55. The van der Waals surface area contributed by atoms with Crippen molar-refractivity contribution in [3.63, 3.8) is 0 Å². The molecule has 2 unspecified atom stereocenters. The number of nitrogens with one attached hydrogen (secondary N) is 1. The molecule has 0 amide bonds. The Hall–Kier alpha value is -2.70. The van der Waals surface area contributed by atoms with Crippen LogP contribution in [0.25, 0.3) is 22.3 Å². The van der Waals surface area contributed by atoms with Gasteiger partial charge in [0, 0.05) is 6.54 Å². The Kier molecular flexibility index (Phi) is 7.07. The lowest BCUT2D eigenvalue weighted by molar-refractivity contribution is -0.0445. The van der Waals surface area contributed by atoms with Crippen LogP contribution in [-0.2, 0) is 45.1 Å². The zero-order chi connectivity index (χ0) is 28.2. The van der Waals surface area contributed by atoms with E-state index in [-0.39, 0.29) is 42.7 Å². The van der Waals surface area contributed by atoms with Gasteiger partial charge in [-0.2, -0.15) is 4.98 Å². The largest absolute Gasteiger partial charge is 0.387 e. The van der Waals surface area contributed by atoms with Crippen molar-refractivity contribution >= 4 is 62.4 Å². The second-order valence-corrected chi connectivity index (χ2v) is 13.8. The number of aromatic amines is 1. The molecule has 1 fully saturated rings. The number of thiol groups is 1. The van der Waals surface area contributed by atoms with Gasteiger partial charge >= 0.3 is 6.80 Å². The zero-order valence-electron chi connectivity index (χ0n) is 20.6. The molecule has 6 atom stereocenters. The molecule has 0 aromatic carbocycles. The summed E-state index contributed by atoms with van der Waals surface area (Å²) in [7, 11) is -2.46. The predicted octanol–water partition coefficient (Wildman–Crippen LogP) is 0.505. The van der Waals surface area contributed by atoms with Crippen LogP contribution in [0.1, 0.15) is 12.1 Å². The van der Waals surface area contributed by atoms with E-state index in [0.717, 1.165) is 0 Å². The van der Waals surface area contributed by atoms with Crippen molar-refractivity contribution < 1.29 is 36.4 Å². The van der Waals surface area contributed by atoms with Gasteiger partial charge in [-0.05, 0) is 0 Å². The highest BCUT2D eigenvalue weighted by atomic mass is 32.7. The molecule has 6 rings (SSSR count). The van der Waals surface area contributed by atoms with Crippen LogP contribution in [-0.4, -0.2) is 78.2 Å². The summed E-state index contributed by atoms with van der Waals surface area (Å²) >= 11 is 4.06. The number of hydrogen-bond acceptors (Lipinski definition) is 14. The minimum Gasteiger partial charge on any atom is -0.369 e. The fraction of sp³-hybridized carbons (Fsp3) is 0.444. The number of imidazole rings is 2. The number of nitrogens with zero attached hydrogens (tertiary/aromatic N) is 7. The first-order valence-corrected chi connectivity index (χ1v) is 16.4. The van der Waals surface area contributed by atoms with Crippen LogP contribution < -0.4 is 11.3 Å². The van der Waals surface area contributed by atoms with E-state index in [1.165, 1.54) is 31.0 Å². The third-order valence-electron chi connectivity index (χ3n) is 6.20. The normalized spacial score (nSPS) is 32.0. The van der Waals surface area contributed by atoms with Gasteiger partial charge in [-0.1, -0.05) is 12.2 Å². The highest BCUT2D eigenvalue weighted by Crippen LogP contribution is 2.57. The van der Waals surface area contributed by atoms with E-state index in [0.29, 0.717) is 11.2 Å². The maximum atomic E-state index is 15.8. The SMILES string of the molecule is BP1(=O)OCCn2c(nc3cncnc32)COP(=O)(S)O[C@@H]2[C@H](F)[C@@H](CO1)O[C@H]2n1cnc2c(=O)[nH]c(N)nc21. The van der Waals surface area contributed by atoms with Crippen LogP contribution >= 0.6 is 26.5 Å². The molecule has 4 aromatic heterocycles. The van der Waals surface area contributed by atoms with E-state index in [1.54, 1.807) is 4.57 Å². The molecule has 22 heteroatoms. The van der Waals surface area contributed by atoms with Crippen LogP contribution in [0.2, 0.25) is 0 Å². The average molecular weight is 615 g/mol. The monoisotopic (exact) mass is 615 g/mol. The van der Waals surface area contributed by atoms with Crippen molar-refractivity contribution in [1.82, 2.24) is 39.0 Å². The van der Waals surface area contributed by atoms with Gasteiger partial charge in [0.25, 0.3) is 20.6 Å². The Balaban J connectivity index is 1.38. The first kappa shape index (κ1) is 27.5. The van der Waals surface area contributed by atoms with Crippen LogP contribution in [0.3, 0.4) is 0 Å². The first-order valence-electron chi connectivity index (χ1n) is 11.7. The Morgan fingerprint density at radius 3 is 2.85 bits per heavy atom. The molecule has 2 bridgehead atoms. The van der Waals surface area contributed by atoms with Gasteiger partial charge in [-0.25, -0.2) is 28.9 Å². The third-order valence-corrected chi connectivity index (χ3v) is 9.07. The summed E-state index contributed by atoms with van der Waals surface area (Å²) < 4.78 is 72.8. The number of halogens is 1. The fourth-order valence-electron chi connectivity index (χ4n) is 4.43. The highest BCUT2D eigenvalue weighted by molar-refractivity contribution is 8.44. The van der Waals surface area contributed by atoms with Gasteiger partial charge in [0.15, 0.2) is 29.2 Å². The molecule has 0 saturated carbocycles.